The van der Waals surface area contributed by atoms with Gasteiger partial charge in [-0.1, -0.05) is 0 Å². The Morgan fingerprint density at radius 3 is 2.46 bits per heavy atom. The Bertz CT molecular complexity index is 1040. The van der Waals surface area contributed by atoms with Crippen molar-refractivity contribution in [2.45, 2.75) is 4.90 Å². The maximum absolute atomic E-state index is 12.6. The third kappa shape index (κ3) is 3.08. The number of hydrogen-bond acceptors (Lipinski definition) is 6. The lowest BCUT2D eigenvalue weighted by molar-refractivity contribution is 0.171. The summed E-state index contributed by atoms with van der Waals surface area (Å²) in [6.45, 7) is 0.850. The van der Waals surface area contributed by atoms with Gasteiger partial charge in [0.15, 0.2) is 17.3 Å². The van der Waals surface area contributed by atoms with E-state index in [0.29, 0.717) is 36.2 Å². The molecule has 2 aromatic carbocycles. The van der Waals surface area contributed by atoms with Crippen LogP contribution in [0.15, 0.2) is 53.7 Å². The second-order valence-electron chi connectivity index (χ2n) is 5.75. The van der Waals surface area contributed by atoms with Crippen molar-refractivity contribution in [1.82, 2.24) is 14.8 Å². The largest absolute Gasteiger partial charge is 0.486 e. The lowest BCUT2D eigenvalue weighted by Gasteiger charge is -2.19. The second kappa shape index (κ2) is 6.34. The average molecular weight is 372 g/mol. The molecule has 134 valence electrons. The first-order chi connectivity index (χ1) is 12.5. The van der Waals surface area contributed by atoms with Crippen molar-refractivity contribution in [3.63, 3.8) is 0 Å². The summed E-state index contributed by atoms with van der Waals surface area (Å²) >= 11 is 0. The van der Waals surface area contributed by atoms with Gasteiger partial charge in [0.1, 0.15) is 19.5 Å². The van der Waals surface area contributed by atoms with Crippen LogP contribution in [0, 0.1) is 0 Å². The number of nitrogens with one attached hydrogen (secondary N) is 1. The zero-order valence-electron chi connectivity index (χ0n) is 13.9. The maximum Gasteiger partial charge on any atom is 0.262 e. The van der Waals surface area contributed by atoms with E-state index in [0.717, 1.165) is 5.56 Å². The van der Waals surface area contributed by atoms with E-state index < -0.39 is 10.0 Å². The highest BCUT2D eigenvalue weighted by Crippen LogP contribution is 2.32. The predicted molar refractivity (Wildman–Crippen MR) is 94.7 cm³/mol. The van der Waals surface area contributed by atoms with Crippen LogP contribution < -0.4 is 14.2 Å². The van der Waals surface area contributed by atoms with Gasteiger partial charge in [0.25, 0.3) is 10.0 Å². The number of fused-ring (bicyclic) bond motifs is 1. The number of benzene rings is 2. The smallest absolute Gasteiger partial charge is 0.262 e. The summed E-state index contributed by atoms with van der Waals surface area (Å²) in [5.41, 5.74) is 1.29. The molecule has 1 aliphatic heterocycles. The number of rotatable bonds is 4. The van der Waals surface area contributed by atoms with Crippen molar-refractivity contribution < 1.29 is 17.9 Å². The molecule has 0 aliphatic carbocycles. The molecular weight excluding hydrogens is 356 g/mol. The van der Waals surface area contributed by atoms with Crippen molar-refractivity contribution >= 4 is 15.7 Å². The van der Waals surface area contributed by atoms with Crippen molar-refractivity contribution in [1.29, 1.82) is 0 Å². The van der Waals surface area contributed by atoms with Crippen LogP contribution in [0.4, 0.5) is 5.69 Å². The van der Waals surface area contributed by atoms with Crippen LogP contribution in [0.2, 0.25) is 0 Å². The molecule has 1 N–H and O–H groups in total. The molecule has 0 saturated heterocycles. The van der Waals surface area contributed by atoms with Crippen LogP contribution >= 0.6 is 0 Å². The molecule has 0 unspecified atom stereocenters. The molecular formula is C17H16N4O4S. The first-order valence-corrected chi connectivity index (χ1v) is 9.38. The monoisotopic (exact) mass is 372 g/mol. The van der Waals surface area contributed by atoms with Gasteiger partial charge in [-0.15, -0.1) is 10.2 Å². The Morgan fingerprint density at radius 1 is 1.04 bits per heavy atom. The van der Waals surface area contributed by atoms with Gasteiger partial charge in [0.05, 0.1) is 4.90 Å². The van der Waals surface area contributed by atoms with Crippen molar-refractivity contribution in [3.8, 4) is 22.9 Å². The Kier molecular flexibility index (Phi) is 4.00. The highest BCUT2D eigenvalue weighted by atomic mass is 32.2. The molecule has 1 aromatic heterocycles. The minimum absolute atomic E-state index is 0.110. The highest BCUT2D eigenvalue weighted by Gasteiger charge is 2.19. The van der Waals surface area contributed by atoms with E-state index in [2.05, 4.69) is 14.9 Å². The summed E-state index contributed by atoms with van der Waals surface area (Å²) in [6, 6.07) is 11.5. The molecule has 0 radical (unpaired) electrons. The van der Waals surface area contributed by atoms with Crippen molar-refractivity contribution in [2.75, 3.05) is 17.9 Å². The summed E-state index contributed by atoms with van der Waals surface area (Å²) in [7, 11) is -1.90. The van der Waals surface area contributed by atoms with Crippen LogP contribution in [0.25, 0.3) is 11.4 Å². The fourth-order valence-electron chi connectivity index (χ4n) is 2.64. The normalized spacial score (nSPS) is 13.4. The molecule has 2 heterocycles. The minimum atomic E-state index is -3.74. The first-order valence-electron chi connectivity index (χ1n) is 7.90. The molecule has 26 heavy (non-hydrogen) atoms. The predicted octanol–water partition coefficient (Wildman–Crippen LogP) is 2.05. The van der Waals surface area contributed by atoms with Gasteiger partial charge in [-0.2, -0.15) is 0 Å². The number of ether oxygens (including phenoxy) is 2. The summed E-state index contributed by atoms with van der Waals surface area (Å²) in [5, 5.41) is 7.86. The van der Waals surface area contributed by atoms with Gasteiger partial charge in [0.2, 0.25) is 0 Å². The number of hydrogen-bond donors (Lipinski definition) is 1. The highest BCUT2D eigenvalue weighted by molar-refractivity contribution is 7.92. The summed E-state index contributed by atoms with van der Waals surface area (Å²) < 4.78 is 40.4. The van der Waals surface area contributed by atoms with Crippen LogP contribution in [-0.4, -0.2) is 36.4 Å². The molecule has 0 atom stereocenters. The minimum Gasteiger partial charge on any atom is -0.486 e. The first kappa shape index (κ1) is 16.4. The molecule has 8 nitrogen and oxygen atoms in total. The number of aryl methyl sites for hydroxylation is 1. The Hall–Kier alpha value is -3.07. The van der Waals surface area contributed by atoms with Crippen LogP contribution in [0.1, 0.15) is 0 Å². The molecule has 9 heteroatoms. The Morgan fingerprint density at radius 2 is 1.77 bits per heavy atom. The standard InChI is InChI=1S/C17H16N4O4S/c1-21-11-18-19-17(21)12-2-4-13(5-3-12)20-26(22,23)14-6-7-15-16(10-14)25-9-8-24-15/h2-7,10-11,20H,8-9H2,1H3. The number of sulfonamides is 1. The van der Waals surface area contributed by atoms with Gasteiger partial charge in [-0.05, 0) is 36.4 Å². The molecule has 0 amide bonds. The second-order valence-corrected chi connectivity index (χ2v) is 7.44. The van der Waals surface area contributed by atoms with Gasteiger partial charge >= 0.3 is 0 Å². The van der Waals surface area contributed by atoms with E-state index in [4.69, 9.17) is 9.47 Å². The van der Waals surface area contributed by atoms with E-state index in [-0.39, 0.29) is 4.90 Å². The van der Waals surface area contributed by atoms with E-state index in [1.165, 1.54) is 12.1 Å². The SMILES string of the molecule is Cn1cnnc1-c1ccc(NS(=O)(=O)c2ccc3c(c2)OCCO3)cc1. The van der Waals surface area contributed by atoms with Crippen molar-refractivity contribution in [2.24, 2.45) is 7.05 Å². The van der Waals surface area contributed by atoms with E-state index >= 15 is 0 Å². The van der Waals surface area contributed by atoms with E-state index in [1.807, 2.05) is 7.05 Å². The van der Waals surface area contributed by atoms with Gasteiger partial charge < -0.3 is 14.0 Å². The zero-order valence-corrected chi connectivity index (χ0v) is 14.7. The summed E-state index contributed by atoms with van der Waals surface area (Å²) in [5.74, 6) is 1.67. The number of aromatic nitrogens is 3. The molecule has 0 fully saturated rings. The fraction of sp³-hybridized carbons (Fsp3) is 0.176. The van der Waals surface area contributed by atoms with Crippen LogP contribution in [0.5, 0.6) is 11.5 Å². The van der Waals surface area contributed by atoms with E-state index in [9.17, 15) is 8.42 Å². The molecule has 0 spiro atoms. The van der Waals surface area contributed by atoms with Gasteiger partial charge in [-0.3, -0.25) is 4.72 Å². The quantitative estimate of drug-likeness (QED) is 0.753. The fourth-order valence-corrected chi connectivity index (χ4v) is 3.71. The average Bonchev–Trinajstić information content (AvgIpc) is 3.07. The summed E-state index contributed by atoms with van der Waals surface area (Å²) in [6.07, 6.45) is 1.60. The molecule has 3 aromatic rings. The lowest BCUT2D eigenvalue weighted by atomic mass is 10.2. The number of anilines is 1. The van der Waals surface area contributed by atoms with E-state index in [1.54, 1.807) is 41.2 Å². The van der Waals surface area contributed by atoms with Gasteiger partial charge in [-0.25, -0.2) is 8.42 Å². The molecule has 4 rings (SSSR count). The number of nitrogens with zero attached hydrogens (tertiary/aromatic N) is 3. The Labute approximate surface area is 150 Å². The summed E-state index contributed by atoms with van der Waals surface area (Å²) in [4.78, 5) is 0.110. The van der Waals surface area contributed by atoms with Gasteiger partial charge in [0, 0.05) is 24.4 Å². The Balaban J connectivity index is 1.57. The van der Waals surface area contributed by atoms with Crippen LogP contribution in [-0.2, 0) is 17.1 Å². The maximum atomic E-state index is 12.6. The lowest BCUT2D eigenvalue weighted by Crippen LogP contribution is -2.17. The molecule has 0 saturated carbocycles. The third-order valence-electron chi connectivity index (χ3n) is 3.93. The molecule has 1 aliphatic rings. The molecule has 0 bridgehead atoms. The third-order valence-corrected chi connectivity index (χ3v) is 5.31. The zero-order chi connectivity index (χ0) is 18.1. The topological polar surface area (TPSA) is 95.3 Å². The van der Waals surface area contributed by atoms with Crippen LogP contribution in [0.3, 0.4) is 0 Å². The van der Waals surface area contributed by atoms with Crippen molar-refractivity contribution in [3.05, 3.63) is 48.8 Å².